The molecule has 6 heteroatoms. The first kappa shape index (κ1) is 16.9. The van der Waals surface area contributed by atoms with Gasteiger partial charge < -0.3 is 20.4 Å². The van der Waals surface area contributed by atoms with E-state index in [1.54, 1.807) is 0 Å². The number of esters is 1. The van der Waals surface area contributed by atoms with Crippen molar-refractivity contribution in [1.82, 2.24) is 15.6 Å². The number of hydrogen-bond donors (Lipinski definition) is 3. The summed E-state index contributed by atoms with van der Waals surface area (Å²) in [4.78, 5) is 18.8. The van der Waals surface area contributed by atoms with Gasteiger partial charge in [0.1, 0.15) is 0 Å². The van der Waals surface area contributed by atoms with Crippen molar-refractivity contribution in [2.45, 2.75) is 19.8 Å². The summed E-state index contributed by atoms with van der Waals surface area (Å²) in [5.74, 6) is 0.472. The first-order valence-corrected chi connectivity index (χ1v) is 7.88. The van der Waals surface area contributed by atoms with E-state index in [0.717, 1.165) is 31.0 Å². The average Bonchev–Trinajstić information content (AvgIpc) is 2.98. The van der Waals surface area contributed by atoms with Gasteiger partial charge in [-0.2, -0.15) is 0 Å². The lowest BCUT2D eigenvalue weighted by molar-refractivity contribution is -0.140. The summed E-state index contributed by atoms with van der Waals surface area (Å²) >= 11 is 0. The van der Waals surface area contributed by atoms with Crippen molar-refractivity contribution >= 4 is 22.8 Å². The molecule has 23 heavy (non-hydrogen) atoms. The summed E-state index contributed by atoms with van der Waals surface area (Å²) in [5.41, 5.74) is 2.43. The molecule has 6 nitrogen and oxygen atoms in total. The van der Waals surface area contributed by atoms with Gasteiger partial charge in [0.2, 0.25) is 0 Å². The number of ether oxygens (including phenoxy) is 1. The normalized spacial score (nSPS) is 11.5. The smallest absolute Gasteiger partial charge is 0.307 e. The minimum absolute atomic E-state index is 0.247. The third-order valence-corrected chi connectivity index (χ3v) is 3.52. The summed E-state index contributed by atoms with van der Waals surface area (Å²) in [6.07, 6.45) is 3.23. The summed E-state index contributed by atoms with van der Waals surface area (Å²) < 4.78 is 4.61. The molecular weight excluding hydrogens is 292 g/mol. The number of nitrogens with one attached hydrogen (secondary N) is 3. The number of guanidine groups is 1. The Morgan fingerprint density at radius 2 is 2.13 bits per heavy atom. The molecule has 0 amide bonds. The van der Waals surface area contributed by atoms with E-state index < -0.39 is 0 Å². The molecule has 124 valence electrons. The van der Waals surface area contributed by atoms with Gasteiger partial charge in [-0.1, -0.05) is 18.2 Å². The van der Waals surface area contributed by atoms with E-state index >= 15 is 0 Å². The van der Waals surface area contributed by atoms with Crippen LogP contribution in [0.15, 0.2) is 35.5 Å². The number of aliphatic imine (C=N–C) groups is 1. The second-order valence-corrected chi connectivity index (χ2v) is 5.12. The minimum atomic E-state index is -0.247. The third-order valence-electron chi connectivity index (χ3n) is 3.52. The van der Waals surface area contributed by atoms with E-state index in [1.807, 2.05) is 25.3 Å². The van der Waals surface area contributed by atoms with Crippen LogP contribution in [0.25, 0.3) is 10.9 Å². The highest BCUT2D eigenvalue weighted by Gasteiger charge is 2.04. The fourth-order valence-corrected chi connectivity index (χ4v) is 2.36. The van der Waals surface area contributed by atoms with Crippen molar-refractivity contribution in [3.63, 3.8) is 0 Å². The van der Waals surface area contributed by atoms with Gasteiger partial charge in [-0.3, -0.25) is 9.79 Å². The number of hydrogen-bond acceptors (Lipinski definition) is 3. The zero-order valence-corrected chi connectivity index (χ0v) is 13.7. The number of aromatic nitrogens is 1. The number of methoxy groups -OCH3 is 1. The third kappa shape index (κ3) is 5.02. The largest absolute Gasteiger partial charge is 0.469 e. The lowest BCUT2D eigenvalue weighted by Gasteiger charge is -2.10. The second-order valence-electron chi connectivity index (χ2n) is 5.12. The Balaban J connectivity index is 1.86. The van der Waals surface area contributed by atoms with Crippen molar-refractivity contribution < 1.29 is 9.53 Å². The van der Waals surface area contributed by atoms with Crippen LogP contribution in [-0.2, 0) is 16.0 Å². The number of aromatic amines is 1. The summed E-state index contributed by atoms with van der Waals surface area (Å²) in [6.45, 7) is 3.97. The highest BCUT2D eigenvalue weighted by molar-refractivity contribution is 5.83. The van der Waals surface area contributed by atoms with Crippen LogP contribution in [0.5, 0.6) is 0 Å². The van der Waals surface area contributed by atoms with E-state index in [1.165, 1.54) is 18.1 Å². The molecule has 0 bridgehead atoms. The predicted molar refractivity (Wildman–Crippen MR) is 92.6 cm³/mol. The van der Waals surface area contributed by atoms with Gasteiger partial charge in [-0.15, -0.1) is 0 Å². The fourth-order valence-electron chi connectivity index (χ4n) is 2.36. The first-order chi connectivity index (χ1) is 11.2. The van der Waals surface area contributed by atoms with Crippen LogP contribution >= 0.6 is 0 Å². The van der Waals surface area contributed by atoms with E-state index in [9.17, 15) is 4.79 Å². The number of fused-ring (bicyclic) bond motifs is 1. The van der Waals surface area contributed by atoms with Gasteiger partial charge in [0.05, 0.1) is 20.1 Å². The van der Waals surface area contributed by atoms with Crippen molar-refractivity contribution in [3.05, 3.63) is 36.0 Å². The van der Waals surface area contributed by atoms with Gasteiger partial charge in [0, 0.05) is 30.2 Å². The molecule has 0 aliphatic heterocycles. The Morgan fingerprint density at radius 3 is 2.91 bits per heavy atom. The Labute approximate surface area is 136 Å². The number of para-hydroxylation sites is 1. The fraction of sp³-hybridized carbons (Fsp3) is 0.412. The van der Waals surface area contributed by atoms with Crippen LogP contribution in [0.4, 0.5) is 0 Å². The molecular formula is C17H24N4O2. The quantitative estimate of drug-likeness (QED) is 0.414. The molecule has 3 N–H and O–H groups in total. The molecule has 0 saturated heterocycles. The molecule has 1 aromatic heterocycles. The topological polar surface area (TPSA) is 78.5 Å². The molecule has 0 spiro atoms. The molecule has 1 heterocycles. The molecule has 0 unspecified atom stereocenters. The van der Waals surface area contributed by atoms with Crippen LogP contribution in [0.3, 0.4) is 0 Å². The van der Waals surface area contributed by atoms with E-state index in [-0.39, 0.29) is 12.4 Å². The number of carbonyl (C=O) groups excluding carboxylic acids is 1. The molecule has 0 atom stereocenters. The number of H-pyrrole nitrogens is 1. The van der Waals surface area contributed by atoms with Gasteiger partial charge in [-0.25, -0.2) is 0 Å². The lowest BCUT2D eigenvalue weighted by Crippen LogP contribution is -2.38. The van der Waals surface area contributed by atoms with Crippen LogP contribution in [0.2, 0.25) is 0 Å². The van der Waals surface area contributed by atoms with Crippen molar-refractivity contribution in [3.8, 4) is 0 Å². The molecule has 1 aromatic carbocycles. The van der Waals surface area contributed by atoms with Gasteiger partial charge in [0.15, 0.2) is 5.96 Å². The summed E-state index contributed by atoms with van der Waals surface area (Å²) in [7, 11) is 1.39. The first-order valence-electron chi connectivity index (χ1n) is 7.88. The Hall–Kier alpha value is -2.50. The van der Waals surface area contributed by atoms with Crippen LogP contribution in [-0.4, -0.2) is 43.7 Å². The lowest BCUT2D eigenvalue weighted by atomic mass is 10.1. The summed E-state index contributed by atoms with van der Waals surface area (Å²) in [6, 6.07) is 8.27. The van der Waals surface area contributed by atoms with E-state index in [2.05, 4.69) is 37.5 Å². The van der Waals surface area contributed by atoms with E-state index in [4.69, 9.17) is 0 Å². The monoisotopic (exact) mass is 316 g/mol. The number of carbonyl (C=O) groups is 1. The Morgan fingerprint density at radius 1 is 1.30 bits per heavy atom. The maximum Gasteiger partial charge on any atom is 0.307 e. The number of benzene rings is 1. The maximum absolute atomic E-state index is 11.1. The molecule has 0 aliphatic rings. The minimum Gasteiger partial charge on any atom is -0.469 e. The van der Waals surface area contributed by atoms with Crippen LogP contribution < -0.4 is 10.6 Å². The number of nitrogens with zero attached hydrogens (tertiary/aromatic N) is 1. The summed E-state index contributed by atoms with van der Waals surface area (Å²) in [5, 5.41) is 7.71. The van der Waals surface area contributed by atoms with Gasteiger partial charge in [0.25, 0.3) is 0 Å². The molecule has 0 fully saturated rings. The van der Waals surface area contributed by atoms with E-state index in [0.29, 0.717) is 6.54 Å². The Bertz CT molecular complexity index is 663. The zero-order valence-electron chi connectivity index (χ0n) is 13.7. The van der Waals surface area contributed by atoms with Crippen molar-refractivity contribution in [1.29, 1.82) is 0 Å². The molecule has 0 radical (unpaired) electrons. The SMILES string of the molecule is CCNC(=NCCC(=O)OC)NCCc1c[nH]c2ccccc12. The highest BCUT2D eigenvalue weighted by Crippen LogP contribution is 2.17. The second kappa shape index (κ2) is 8.82. The standard InChI is InChI=1S/C17H24N4O2/c1-3-18-17(20-11-9-16(22)23-2)19-10-8-13-12-21-15-7-5-4-6-14(13)15/h4-7,12,21H,3,8-11H2,1-2H3,(H2,18,19,20). The highest BCUT2D eigenvalue weighted by atomic mass is 16.5. The molecule has 0 saturated carbocycles. The van der Waals surface area contributed by atoms with Gasteiger partial charge in [-0.05, 0) is 25.0 Å². The van der Waals surface area contributed by atoms with Crippen LogP contribution in [0.1, 0.15) is 18.9 Å². The Kier molecular flexibility index (Phi) is 6.47. The number of rotatable bonds is 7. The average molecular weight is 316 g/mol. The predicted octanol–water partition coefficient (Wildman–Crippen LogP) is 1.83. The molecule has 2 rings (SSSR count). The van der Waals surface area contributed by atoms with Crippen molar-refractivity contribution in [2.75, 3.05) is 26.7 Å². The molecule has 2 aromatic rings. The maximum atomic E-state index is 11.1. The van der Waals surface area contributed by atoms with Gasteiger partial charge >= 0.3 is 5.97 Å². The molecule has 0 aliphatic carbocycles. The zero-order chi connectivity index (χ0) is 16.5. The van der Waals surface area contributed by atoms with Crippen LogP contribution in [0, 0.1) is 0 Å². The van der Waals surface area contributed by atoms with Crippen molar-refractivity contribution in [2.24, 2.45) is 4.99 Å².